The number of para-hydroxylation sites is 1. The van der Waals surface area contributed by atoms with E-state index in [1.54, 1.807) is 0 Å². The fourth-order valence-corrected chi connectivity index (χ4v) is 4.28. The molecule has 0 atom stereocenters. The quantitative estimate of drug-likeness (QED) is 0.914. The van der Waals surface area contributed by atoms with Gasteiger partial charge in [0.15, 0.2) is 0 Å². The molecular formula is C18H22N2O2. The zero-order valence-electron chi connectivity index (χ0n) is 12.7. The lowest BCUT2D eigenvalue weighted by Crippen LogP contribution is -2.48. The first kappa shape index (κ1) is 13.8. The van der Waals surface area contributed by atoms with Gasteiger partial charge in [-0.2, -0.15) is 0 Å². The van der Waals surface area contributed by atoms with Gasteiger partial charge in [0, 0.05) is 18.3 Å². The number of carboxylic acid groups (broad SMARTS) is 1. The summed E-state index contributed by atoms with van der Waals surface area (Å²) in [6.45, 7) is 3.16. The number of benzene rings is 1. The Balaban J connectivity index is 1.39. The number of rotatable bonds is 3. The Hall–Kier alpha value is -1.81. The molecule has 1 saturated carbocycles. The molecule has 2 fully saturated rings. The van der Waals surface area contributed by atoms with Gasteiger partial charge in [-0.3, -0.25) is 9.69 Å². The summed E-state index contributed by atoms with van der Waals surface area (Å²) in [6, 6.07) is 8.58. The van der Waals surface area contributed by atoms with Crippen LogP contribution in [0.3, 0.4) is 0 Å². The van der Waals surface area contributed by atoms with E-state index in [1.165, 1.54) is 16.5 Å². The van der Waals surface area contributed by atoms with E-state index < -0.39 is 5.97 Å². The van der Waals surface area contributed by atoms with Crippen LogP contribution in [0, 0.1) is 11.3 Å². The van der Waals surface area contributed by atoms with Crippen LogP contribution in [0.25, 0.3) is 10.9 Å². The van der Waals surface area contributed by atoms with Gasteiger partial charge in [0.2, 0.25) is 0 Å². The number of hydrogen-bond donors (Lipinski definition) is 2. The standard InChI is InChI=1S/C18H22N2O2/c21-17(22)15-10-18(11-15)5-8-20(9-6-18)12-14-3-1-2-13-4-7-19-16(13)14/h1-4,7,15,19H,5-6,8-12H2,(H,21,22). The van der Waals surface area contributed by atoms with E-state index in [0.29, 0.717) is 5.41 Å². The third kappa shape index (κ3) is 2.31. The third-order valence-electron chi connectivity index (χ3n) is 5.69. The monoisotopic (exact) mass is 298 g/mol. The molecule has 4 heteroatoms. The number of H-pyrrole nitrogens is 1. The highest BCUT2D eigenvalue weighted by Crippen LogP contribution is 2.52. The average Bonchev–Trinajstić information content (AvgIpc) is 2.95. The largest absolute Gasteiger partial charge is 0.481 e. The number of piperidine rings is 1. The minimum absolute atomic E-state index is 0.0841. The Morgan fingerprint density at radius 1 is 1.27 bits per heavy atom. The van der Waals surface area contributed by atoms with Gasteiger partial charge in [-0.05, 0) is 61.2 Å². The van der Waals surface area contributed by atoms with E-state index in [-0.39, 0.29) is 5.92 Å². The average molecular weight is 298 g/mol. The number of nitrogens with one attached hydrogen (secondary N) is 1. The van der Waals surface area contributed by atoms with Gasteiger partial charge >= 0.3 is 5.97 Å². The smallest absolute Gasteiger partial charge is 0.306 e. The number of hydrogen-bond acceptors (Lipinski definition) is 2. The molecule has 22 heavy (non-hydrogen) atoms. The minimum Gasteiger partial charge on any atom is -0.481 e. The summed E-state index contributed by atoms with van der Waals surface area (Å²) < 4.78 is 0. The molecule has 2 N–H and O–H groups in total. The molecule has 1 aliphatic carbocycles. The van der Waals surface area contributed by atoms with Crippen molar-refractivity contribution in [3.05, 3.63) is 36.0 Å². The summed E-state index contributed by atoms with van der Waals surface area (Å²) in [6.07, 6.45) is 6.08. The predicted octanol–water partition coefficient (Wildman–Crippen LogP) is 3.24. The number of aliphatic carboxylic acids is 1. The first-order chi connectivity index (χ1) is 10.7. The number of carboxylic acids is 1. The van der Waals surface area contributed by atoms with Crippen molar-refractivity contribution in [3.63, 3.8) is 0 Å². The number of fused-ring (bicyclic) bond motifs is 1. The summed E-state index contributed by atoms with van der Waals surface area (Å²) in [4.78, 5) is 16.8. The van der Waals surface area contributed by atoms with Crippen LogP contribution in [-0.4, -0.2) is 34.0 Å². The molecule has 1 aromatic carbocycles. The van der Waals surface area contributed by atoms with E-state index in [2.05, 4.69) is 34.1 Å². The molecule has 1 aliphatic heterocycles. The van der Waals surface area contributed by atoms with Crippen LogP contribution < -0.4 is 0 Å². The van der Waals surface area contributed by atoms with Gasteiger partial charge in [0.05, 0.1) is 5.92 Å². The highest BCUT2D eigenvalue weighted by molar-refractivity contribution is 5.82. The molecule has 0 bridgehead atoms. The normalized spacial score (nSPS) is 22.0. The molecule has 4 nitrogen and oxygen atoms in total. The Morgan fingerprint density at radius 2 is 2.05 bits per heavy atom. The van der Waals surface area contributed by atoms with E-state index in [1.807, 2.05) is 6.20 Å². The van der Waals surface area contributed by atoms with E-state index in [9.17, 15) is 4.79 Å². The molecule has 0 radical (unpaired) electrons. The summed E-state index contributed by atoms with van der Waals surface area (Å²) in [7, 11) is 0. The van der Waals surface area contributed by atoms with Crippen molar-refractivity contribution in [1.82, 2.24) is 9.88 Å². The van der Waals surface area contributed by atoms with Crippen molar-refractivity contribution in [1.29, 1.82) is 0 Å². The molecule has 2 heterocycles. The molecule has 0 amide bonds. The lowest BCUT2D eigenvalue weighted by atomic mass is 9.57. The molecule has 4 rings (SSSR count). The van der Waals surface area contributed by atoms with Gasteiger partial charge in [-0.25, -0.2) is 0 Å². The summed E-state index contributed by atoms with van der Waals surface area (Å²) in [5.74, 6) is -0.689. The number of aromatic nitrogens is 1. The van der Waals surface area contributed by atoms with Crippen LogP contribution in [0.1, 0.15) is 31.2 Å². The maximum Gasteiger partial charge on any atom is 0.306 e. The van der Waals surface area contributed by atoms with Gasteiger partial charge < -0.3 is 10.1 Å². The third-order valence-corrected chi connectivity index (χ3v) is 5.69. The van der Waals surface area contributed by atoms with E-state index >= 15 is 0 Å². The first-order valence-electron chi connectivity index (χ1n) is 8.15. The van der Waals surface area contributed by atoms with Crippen molar-refractivity contribution in [3.8, 4) is 0 Å². The predicted molar refractivity (Wildman–Crippen MR) is 85.6 cm³/mol. The van der Waals surface area contributed by atoms with Gasteiger partial charge in [0.25, 0.3) is 0 Å². The van der Waals surface area contributed by atoms with Gasteiger partial charge in [0.1, 0.15) is 0 Å². The fourth-order valence-electron chi connectivity index (χ4n) is 4.28. The summed E-state index contributed by atoms with van der Waals surface area (Å²) in [5, 5.41) is 10.3. The zero-order chi connectivity index (χ0) is 15.2. The van der Waals surface area contributed by atoms with Crippen molar-refractivity contribution >= 4 is 16.9 Å². The van der Waals surface area contributed by atoms with Crippen LogP contribution in [0.5, 0.6) is 0 Å². The molecule has 2 aliphatic rings. The van der Waals surface area contributed by atoms with Crippen LogP contribution in [-0.2, 0) is 11.3 Å². The van der Waals surface area contributed by atoms with E-state index in [0.717, 1.165) is 45.3 Å². The lowest BCUT2D eigenvalue weighted by molar-refractivity contribution is -0.152. The van der Waals surface area contributed by atoms with Crippen molar-refractivity contribution in [2.24, 2.45) is 11.3 Å². The molecular weight excluding hydrogens is 276 g/mol. The molecule has 1 spiro atoms. The fraction of sp³-hybridized carbons (Fsp3) is 0.500. The Kier molecular flexibility index (Phi) is 3.22. The van der Waals surface area contributed by atoms with Crippen LogP contribution in [0.2, 0.25) is 0 Å². The summed E-state index contributed by atoms with van der Waals surface area (Å²) >= 11 is 0. The van der Waals surface area contributed by atoms with Crippen molar-refractivity contribution < 1.29 is 9.90 Å². The topological polar surface area (TPSA) is 56.3 Å². The van der Waals surface area contributed by atoms with Crippen molar-refractivity contribution in [2.45, 2.75) is 32.2 Å². The van der Waals surface area contributed by atoms with Gasteiger partial charge in [-0.1, -0.05) is 18.2 Å². The van der Waals surface area contributed by atoms with Crippen molar-refractivity contribution in [2.75, 3.05) is 13.1 Å². The highest BCUT2D eigenvalue weighted by Gasteiger charge is 2.48. The Morgan fingerprint density at radius 3 is 2.77 bits per heavy atom. The summed E-state index contributed by atoms with van der Waals surface area (Å²) in [5.41, 5.74) is 2.94. The molecule has 116 valence electrons. The Labute approximate surface area is 130 Å². The SMILES string of the molecule is O=C(O)C1CC2(CCN(Cc3cccc4cc[nH]c34)CC2)C1. The molecule has 1 aromatic heterocycles. The molecule has 0 unspecified atom stereocenters. The Bertz CT molecular complexity index is 690. The first-order valence-corrected chi connectivity index (χ1v) is 8.15. The van der Waals surface area contributed by atoms with Crippen LogP contribution >= 0.6 is 0 Å². The number of aromatic amines is 1. The lowest BCUT2D eigenvalue weighted by Gasteiger charge is -2.51. The van der Waals surface area contributed by atoms with Crippen LogP contribution in [0.15, 0.2) is 30.5 Å². The highest BCUT2D eigenvalue weighted by atomic mass is 16.4. The zero-order valence-corrected chi connectivity index (χ0v) is 12.7. The number of carbonyl (C=O) groups is 1. The van der Waals surface area contributed by atoms with E-state index in [4.69, 9.17) is 5.11 Å². The maximum absolute atomic E-state index is 11.0. The molecule has 1 saturated heterocycles. The second kappa shape index (κ2) is 5.13. The number of nitrogens with zero attached hydrogens (tertiary/aromatic N) is 1. The second-order valence-corrected chi connectivity index (χ2v) is 7.08. The second-order valence-electron chi connectivity index (χ2n) is 7.08. The number of likely N-dealkylation sites (tertiary alicyclic amines) is 1. The molecule has 2 aromatic rings. The minimum atomic E-state index is -0.605. The van der Waals surface area contributed by atoms with Crippen LogP contribution in [0.4, 0.5) is 0 Å². The van der Waals surface area contributed by atoms with Gasteiger partial charge in [-0.15, -0.1) is 0 Å². The maximum atomic E-state index is 11.0.